The topological polar surface area (TPSA) is 38.0 Å². The van der Waals surface area contributed by atoms with Gasteiger partial charge < -0.3 is 5.11 Å². The van der Waals surface area contributed by atoms with Crippen LogP contribution in [0.1, 0.15) is 27.9 Å². The van der Waals surface area contributed by atoms with Crippen molar-refractivity contribution in [2.45, 2.75) is 26.4 Å². The Kier molecular flexibility index (Phi) is 3.12. The van der Waals surface area contributed by atoms with Gasteiger partial charge >= 0.3 is 0 Å². The van der Waals surface area contributed by atoms with Gasteiger partial charge in [0.1, 0.15) is 0 Å². The largest absolute Gasteiger partial charge is 0.387 e. The molecule has 86 valence electrons. The van der Waals surface area contributed by atoms with E-state index in [-0.39, 0.29) is 0 Å². The second-order valence-corrected chi connectivity index (χ2v) is 4.99. The molecule has 1 atom stereocenters. The lowest BCUT2D eigenvalue weighted by Gasteiger charge is -2.08. The molecule has 2 aromatic heterocycles. The van der Waals surface area contributed by atoms with Crippen LogP contribution >= 0.6 is 11.3 Å². The first-order valence-electron chi connectivity index (χ1n) is 5.30. The molecule has 0 saturated heterocycles. The van der Waals surface area contributed by atoms with Crippen molar-refractivity contribution in [3.63, 3.8) is 0 Å². The molecule has 1 N–H and O–H groups in total. The number of aliphatic hydroxyl groups excluding tert-OH is 1. The van der Waals surface area contributed by atoms with Crippen molar-refractivity contribution in [1.82, 2.24) is 9.78 Å². The van der Waals surface area contributed by atoms with Gasteiger partial charge in [0.15, 0.2) is 0 Å². The van der Waals surface area contributed by atoms with Crippen molar-refractivity contribution < 1.29 is 5.11 Å². The van der Waals surface area contributed by atoms with E-state index in [1.165, 1.54) is 0 Å². The highest BCUT2D eigenvalue weighted by atomic mass is 32.1. The summed E-state index contributed by atoms with van der Waals surface area (Å²) in [7, 11) is 1.93. The van der Waals surface area contributed by atoms with Crippen LogP contribution in [0.3, 0.4) is 0 Å². The highest BCUT2D eigenvalue weighted by Crippen LogP contribution is 2.25. The minimum Gasteiger partial charge on any atom is -0.387 e. The van der Waals surface area contributed by atoms with Crippen molar-refractivity contribution >= 4 is 11.3 Å². The maximum absolute atomic E-state index is 10.1. The van der Waals surface area contributed by atoms with E-state index in [2.05, 4.69) is 5.10 Å². The summed E-state index contributed by atoms with van der Waals surface area (Å²) in [6.45, 7) is 4.03. The van der Waals surface area contributed by atoms with E-state index in [1.54, 1.807) is 11.3 Å². The van der Waals surface area contributed by atoms with Crippen LogP contribution in [0.2, 0.25) is 0 Å². The van der Waals surface area contributed by atoms with E-state index in [0.717, 1.165) is 21.8 Å². The highest BCUT2D eigenvalue weighted by molar-refractivity contribution is 7.10. The third-order valence-corrected chi connectivity index (χ3v) is 3.90. The molecule has 2 rings (SSSR count). The summed E-state index contributed by atoms with van der Waals surface area (Å²) in [6, 6.07) is 3.93. The second-order valence-electron chi connectivity index (χ2n) is 4.01. The van der Waals surface area contributed by atoms with Gasteiger partial charge in [-0.05, 0) is 30.9 Å². The van der Waals surface area contributed by atoms with Crippen LogP contribution in [0.4, 0.5) is 0 Å². The van der Waals surface area contributed by atoms with Crippen molar-refractivity contribution in [2.75, 3.05) is 0 Å². The Morgan fingerprint density at radius 3 is 2.75 bits per heavy atom. The first kappa shape index (κ1) is 11.4. The van der Waals surface area contributed by atoms with Crippen LogP contribution in [-0.4, -0.2) is 14.9 Å². The van der Waals surface area contributed by atoms with E-state index in [4.69, 9.17) is 0 Å². The average Bonchev–Trinajstić information content (AvgIpc) is 2.83. The Bertz CT molecular complexity index is 473. The fourth-order valence-corrected chi connectivity index (χ4v) is 2.60. The van der Waals surface area contributed by atoms with Crippen molar-refractivity contribution in [1.29, 1.82) is 0 Å². The van der Waals surface area contributed by atoms with Crippen molar-refractivity contribution in [3.8, 4) is 0 Å². The lowest BCUT2D eigenvalue weighted by Crippen LogP contribution is -2.02. The Morgan fingerprint density at radius 1 is 1.50 bits per heavy atom. The number of aromatic nitrogens is 2. The van der Waals surface area contributed by atoms with E-state index in [0.29, 0.717) is 6.42 Å². The molecule has 0 amide bonds. The molecule has 0 aliphatic rings. The maximum Gasteiger partial charge on any atom is 0.0923 e. The van der Waals surface area contributed by atoms with Gasteiger partial charge in [0.25, 0.3) is 0 Å². The SMILES string of the molecule is Cc1nn(C)c(C)c1CC(O)c1cccs1. The summed E-state index contributed by atoms with van der Waals surface area (Å²) in [4.78, 5) is 1.02. The molecular formula is C12H16N2OS. The summed E-state index contributed by atoms with van der Waals surface area (Å²) in [5, 5.41) is 16.4. The summed E-state index contributed by atoms with van der Waals surface area (Å²) < 4.78 is 1.87. The molecule has 0 aliphatic carbocycles. The zero-order valence-corrected chi connectivity index (χ0v) is 10.6. The van der Waals surface area contributed by atoms with Crippen LogP contribution in [-0.2, 0) is 13.5 Å². The molecule has 0 aliphatic heterocycles. The first-order valence-corrected chi connectivity index (χ1v) is 6.18. The number of nitrogens with zero attached hydrogens (tertiary/aromatic N) is 2. The van der Waals surface area contributed by atoms with Crippen LogP contribution < -0.4 is 0 Å². The number of hydrogen-bond acceptors (Lipinski definition) is 3. The quantitative estimate of drug-likeness (QED) is 0.888. The third-order valence-electron chi connectivity index (χ3n) is 2.93. The summed E-state index contributed by atoms with van der Waals surface area (Å²) in [5.41, 5.74) is 3.30. The molecule has 1 unspecified atom stereocenters. The Labute approximate surface area is 99.4 Å². The molecule has 4 heteroatoms. The minimum absolute atomic E-state index is 0.415. The minimum atomic E-state index is -0.415. The molecule has 0 fully saturated rings. The van der Waals surface area contributed by atoms with Crippen molar-refractivity contribution in [2.24, 2.45) is 7.05 Å². The number of rotatable bonds is 3. The van der Waals surface area contributed by atoms with Gasteiger partial charge in [-0.3, -0.25) is 4.68 Å². The van der Waals surface area contributed by atoms with Crippen LogP contribution in [0.5, 0.6) is 0 Å². The fourth-order valence-electron chi connectivity index (χ4n) is 1.89. The van der Waals surface area contributed by atoms with Crippen LogP contribution in [0.15, 0.2) is 17.5 Å². The smallest absolute Gasteiger partial charge is 0.0923 e. The predicted octanol–water partition coefficient (Wildman–Crippen LogP) is 2.37. The monoisotopic (exact) mass is 236 g/mol. The van der Waals surface area contributed by atoms with Crippen molar-refractivity contribution in [3.05, 3.63) is 39.3 Å². The number of thiophene rings is 1. The molecule has 0 radical (unpaired) electrons. The lowest BCUT2D eigenvalue weighted by molar-refractivity contribution is 0.182. The summed E-state index contributed by atoms with van der Waals surface area (Å²) >= 11 is 1.59. The Hall–Kier alpha value is -1.13. The Morgan fingerprint density at radius 2 is 2.25 bits per heavy atom. The summed E-state index contributed by atoms with van der Waals surface area (Å²) in [5.74, 6) is 0. The van der Waals surface area contributed by atoms with Gasteiger partial charge in [0.2, 0.25) is 0 Å². The van der Waals surface area contributed by atoms with Gasteiger partial charge in [0.05, 0.1) is 11.8 Å². The van der Waals surface area contributed by atoms with E-state index < -0.39 is 6.10 Å². The van der Waals surface area contributed by atoms with Gasteiger partial charge in [0, 0.05) is 24.0 Å². The van der Waals surface area contributed by atoms with Gasteiger partial charge in [-0.25, -0.2) is 0 Å². The zero-order valence-electron chi connectivity index (χ0n) is 9.77. The Balaban J connectivity index is 2.21. The standard InChI is InChI=1S/C12H16N2OS/c1-8-10(9(2)14(3)13-8)7-11(15)12-5-4-6-16-12/h4-6,11,15H,7H2,1-3H3. The summed E-state index contributed by atoms with van der Waals surface area (Å²) in [6.07, 6.45) is 0.230. The molecule has 0 aromatic carbocycles. The zero-order chi connectivity index (χ0) is 11.7. The maximum atomic E-state index is 10.1. The lowest BCUT2D eigenvalue weighted by atomic mass is 10.1. The molecule has 16 heavy (non-hydrogen) atoms. The average molecular weight is 236 g/mol. The van der Waals surface area contributed by atoms with E-state index in [1.807, 2.05) is 43.1 Å². The molecule has 2 aromatic rings. The van der Waals surface area contributed by atoms with Gasteiger partial charge in [-0.15, -0.1) is 11.3 Å². The number of hydrogen-bond donors (Lipinski definition) is 1. The molecule has 3 nitrogen and oxygen atoms in total. The molecule has 0 spiro atoms. The third kappa shape index (κ3) is 2.03. The molecule has 0 saturated carbocycles. The van der Waals surface area contributed by atoms with E-state index in [9.17, 15) is 5.11 Å². The van der Waals surface area contributed by atoms with Gasteiger partial charge in [-0.2, -0.15) is 5.10 Å². The molecule has 0 bridgehead atoms. The molecular weight excluding hydrogens is 220 g/mol. The highest BCUT2D eigenvalue weighted by Gasteiger charge is 2.15. The fraction of sp³-hybridized carbons (Fsp3) is 0.417. The normalized spacial score (nSPS) is 13.0. The van der Waals surface area contributed by atoms with Gasteiger partial charge in [-0.1, -0.05) is 6.07 Å². The van der Waals surface area contributed by atoms with Crippen LogP contribution in [0.25, 0.3) is 0 Å². The van der Waals surface area contributed by atoms with Crippen LogP contribution in [0, 0.1) is 13.8 Å². The second kappa shape index (κ2) is 4.39. The predicted molar refractivity (Wildman–Crippen MR) is 65.7 cm³/mol. The van der Waals surface area contributed by atoms with E-state index >= 15 is 0 Å². The molecule has 2 heterocycles. The number of aliphatic hydroxyl groups is 1. The first-order chi connectivity index (χ1) is 7.59. The number of aryl methyl sites for hydroxylation is 2.